The van der Waals surface area contributed by atoms with Crippen molar-refractivity contribution in [1.82, 2.24) is 10.3 Å². The molecule has 1 aliphatic carbocycles. The van der Waals surface area contributed by atoms with Gasteiger partial charge in [-0.1, -0.05) is 25.1 Å². The van der Waals surface area contributed by atoms with Crippen LogP contribution in [0.5, 0.6) is 0 Å². The molecule has 4 nitrogen and oxygen atoms in total. The second-order valence-electron chi connectivity index (χ2n) is 5.75. The lowest BCUT2D eigenvalue weighted by Gasteiger charge is -2.02. The van der Waals surface area contributed by atoms with Gasteiger partial charge in [-0.15, -0.1) is 0 Å². The zero-order chi connectivity index (χ0) is 14.8. The number of carbonyl (C=O) groups excluding carboxylic acids is 1. The Hall–Kier alpha value is -2.10. The quantitative estimate of drug-likeness (QED) is 0.918. The smallest absolute Gasteiger partial charge is 0.226 e. The molecule has 0 aliphatic heterocycles. The number of aryl methyl sites for hydroxylation is 1. The predicted molar refractivity (Wildman–Crippen MR) is 80.7 cm³/mol. The molecule has 0 unspecified atom stereocenters. The summed E-state index contributed by atoms with van der Waals surface area (Å²) in [5.74, 6) is 2.41. The molecule has 1 heterocycles. The van der Waals surface area contributed by atoms with Crippen LogP contribution in [0.25, 0.3) is 11.5 Å². The van der Waals surface area contributed by atoms with Crippen molar-refractivity contribution in [2.45, 2.75) is 26.7 Å². The van der Waals surface area contributed by atoms with Crippen LogP contribution < -0.4 is 5.32 Å². The highest BCUT2D eigenvalue weighted by atomic mass is 16.4. The number of rotatable bonds is 5. The van der Waals surface area contributed by atoms with E-state index in [1.807, 2.05) is 37.3 Å². The van der Waals surface area contributed by atoms with Gasteiger partial charge >= 0.3 is 0 Å². The first kappa shape index (κ1) is 13.9. The van der Waals surface area contributed by atoms with Crippen molar-refractivity contribution < 1.29 is 9.21 Å². The first-order valence-corrected chi connectivity index (χ1v) is 7.44. The molecule has 2 aromatic rings. The third-order valence-corrected chi connectivity index (χ3v) is 4.02. The Morgan fingerprint density at radius 1 is 1.38 bits per heavy atom. The monoisotopic (exact) mass is 284 g/mol. The minimum Gasteiger partial charge on any atom is -0.441 e. The maximum absolute atomic E-state index is 11.8. The summed E-state index contributed by atoms with van der Waals surface area (Å²) >= 11 is 0. The predicted octanol–water partition coefficient (Wildman–Crippen LogP) is 2.96. The lowest BCUT2D eigenvalue weighted by molar-refractivity contribution is -0.122. The molecule has 1 amide bonds. The molecule has 0 bridgehead atoms. The van der Waals surface area contributed by atoms with Crippen LogP contribution in [0.15, 0.2) is 34.7 Å². The second kappa shape index (κ2) is 5.72. The van der Waals surface area contributed by atoms with Crippen molar-refractivity contribution in [3.8, 4) is 11.5 Å². The second-order valence-corrected chi connectivity index (χ2v) is 5.75. The van der Waals surface area contributed by atoms with Crippen LogP contribution in [-0.2, 0) is 11.2 Å². The van der Waals surface area contributed by atoms with Gasteiger partial charge in [0.15, 0.2) is 0 Å². The highest BCUT2D eigenvalue weighted by molar-refractivity contribution is 5.81. The average molecular weight is 284 g/mol. The van der Waals surface area contributed by atoms with Gasteiger partial charge in [0, 0.05) is 24.4 Å². The van der Waals surface area contributed by atoms with E-state index in [2.05, 4.69) is 17.2 Å². The van der Waals surface area contributed by atoms with E-state index in [1.165, 1.54) is 0 Å². The van der Waals surface area contributed by atoms with E-state index in [1.54, 1.807) is 0 Å². The molecule has 0 spiro atoms. The lowest BCUT2D eigenvalue weighted by atomic mass is 10.2. The van der Waals surface area contributed by atoms with Crippen molar-refractivity contribution in [2.24, 2.45) is 11.8 Å². The molecule has 1 N–H and O–H groups in total. The number of oxazole rings is 1. The number of carbonyl (C=O) groups is 1. The zero-order valence-corrected chi connectivity index (χ0v) is 12.4. The Balaban J connectivity index is 1.59. The minimum absolute atomic E-state index is 0.173. The first-order chi connectivity index (χ1) is 10.1. The van der Waals surface area contributed by atoms with Crippen LogP contribution in [0.4, 0.5) is 0 Å². The zero-order valence-electron chi connectivity index (χ0n) is 12.4. The summed E-state index contributed by atoms with van der Waals surface area (Å²) in [4.78, 5) is 16.3. The highest BCUT2D eigenvalue weighted by Gasteiger charge is 2.38. The van der Waals surface area contributed by atoms with Crippen molar-refractivity contribution in [1.29, 1.82) is 0 Å². The van der Waals surface area contributed by atoms with E-state index in [0.717, 1.165) is 23.4 Å². The van der Waals surface area contributed by atoms with Gasteiger partial charge in [0.05, 0.1) is 5.69 Å². The summed E-state index contributed by atoms with van der Waals surface area (Å²) in [6.45, 7) is 4.64. The maximum Gasteiger partial charge on any atom is 0.226 e. The molecule has 3 rings (SSSR count). The van der Waals surface area contributed by atoms with E-state index in [0.29, 0.717) is 24.8 Å². The fourth-order valence-electron chi connectivity index (χ4n) is 2.49. The summed E-state index contributed by atoms with van der Waals surface area (Å²) in [6, 6.07) is 9.85. The molecule has 1 aromatic heterocycles. The molecule has 0 saturated heterocycles. The number of nitrogens with zero attached hydrogens (tertiary/aromatic N) is 1. The molecule has 2 atom stereocenters. The van der Waals surface area contributed by atoms with Crippen molar-refractivity contribution >= 4 is 5.91 Å². The maximum atomic E-state index is 11.8. The van der Waals surface area contributed by atoms with E-state index in [9.17, 15) is 4.79 Å². The fourth-order valence-corrected chi connectivity index (χ4v) is 2.49. The Kier molecular flexibility index (Phi) is 3.78. The van der Waals surface area contributed by atoms with Crippen LogP contribution >= 0.6 is 0 Å². The van der Waals surface area contributed by atoms with Gasteiger partial charge in [-0.25, -0.2) is 4.98 Å². The molecule has 110 valence electrons. The van der Waals surface area contributed by atoms with E-state index < -0.39 is 0 Å². The minimum atomic E-state index is 0.173. The first-order valence-electron chi connectivity index (χ1n) is 7.44. The Bertz CT molecular complexity index is 633. The van der Waals surface area contributed by atoms with Crippen LogP contribution in [-0.4, -0.2) is 17.4 Å². The molecule has 1 saturated carbocycles. The standard InChI is InChI=1S/C17H20N2O2/c1-11-10-14(11)16(20)18-9-8-15-12(2)21-17(19-15)13-6-4-3-5-7-13/h3-7,11,14H,8-10H2,1-2H3,(H,18,20)/t11-,14-/m1/s1. The molecule has 0 radical (unpaired) electrons. The van der Waals surface area contributed by atoms with Crippen molar-refractivity contribution in [3.05, 3.63) is 41.8 Å². The number of hydrogen-bond donors (Lipinski definition) is 1. The van der Waals surface area contributed by atoms with Crippen LogP contribution in [0.3, 0.4) is 0 Å². The van der Waals surface area contributed by atoms with Crippen LogP contribution in [0.1, 0.15) is 24.8 Å². The highest BCUT2D eigenvalue weighted by Crippen LogP contribution is 2.37. The summed E-state index contributed by atoms with van der Waals surface area (Å²) in [5.41, 5.74) is 1.89. The van der Waals surface area contributed by atoms with E-state index >= 15 is 0 Å². The van der Waals surface area contributed by atoms with Gasteiger partial charge in [0.1, 0.15) is 5.76 Å². The number of benzene rings is 1. The van der Waals surface area contributed by atoms with Crippen LogP contribution in [0, 0.1) is 18.8 Å². The third-order valence-electron chi connectivity index (χ3n) is 4.02. The summed E-state index contributed by atoms with van der Waals surface area (Å²) in [6.07, 6.45) is 1.72. The summed E-state index contributed by atoms with van der Waals surface area (Å²) in [5, 5.41) is 2.98. The largest absolute Gasteiger partial charge is 0.441 e. The number of nitrogens with one attached hydrogen (secondary N) is 1. The topological polar surface area (TPSA) is 55.1 Å². The molecule has 4 heteroatoms. The number of amides is 1. The molecular weight excluding hydrogens is 264 g/mol. The normalized spacial score (nSPS) is 20.3. The summed E-state index contributed by atoms with van der Waals surface area (Å²) in [7, 11) is 0. The van der Waals surface area contributed by atoms with Crippen molar-refractivity contribution in [3.63, 3.8) is 0 Å². The Labute approximate surface area is 124 Å². The third kappa shape index (κ3) is 3.15. The average Bonchev–Trinajstić information content (AvgIpc) is 3.11. The van der Waals surface area contributed by atoms with Gasteiger partial charge in [0.25, 0.3) is 0 Å². The van der Waals surface area contributed by atoms with Crippen LogP contribution in [0.2, 0.25) is 0 Å². The lowest BCUT2D eigenvalue weighted by Crippen LogP contribution is -2.27. The molecular formula is C17H20N2O2. The van der Waals surface area contributed by atoms with Gasteiger partial charge in [-0.3, -0.25) is 4.79 Å². The summed E-state index contributed by atoms with van der Waals surface area (Å²) < 4.78 is 5.71. The Morgan fingerprint density at radius 3 is 2.76 bits per heavy atom. The van der Waals surface area contributed by atoms with E-state index in [4.69, 9.17) is 4.42 Å². The molecule has 1 aromatic carbocycles. The molecule has 21 heavy (non-hydrogen) atoms. The number of aromatic nitrogens is 1. The van der Waals surface area contributed by atoms with Gasteiger partial charge in [-0.05, 0) is 31.4 Å². The number of hydrogen-bond acceptors (Lipinski definition) is 3. The van der Waals surface area contributed by atoms with Gasteiger partial charge in [0.2, 0.25) is 11.8 Å². The van der Waals surface area contributed by atoms with Gasteiger partial charge in [-0.2, -0.15) is 0 Å². The molecule has 1 aliphatic rings. The SMILES string of the molecule is Cc1oc(-c2ccccc2)nc1CCNC(=O)[C@@H]1C[C@H]1C. The van der Waals surface area contributed by atoms with E-state index in [-0.39, 0.29) is 11.8 Å². The fraction of sp³-hybridized carbons (Fsp3) is 0.412. The molecule has 1 fully saturated rings. The Morgan fingerprint density at radius 2 is 2.10 bits per heavy atom. The van der Waals surface area contributed by atoms with Crippen molar-refractivity contribution in [2.75, 3.05) is 6.54 Å². The van der Waals surface area contributed by atoms with Gasteiger partial charge < -0.3 is 9.73 Å².